The topological polar surface area (TPSA) is 72.1 Å². The van der Waals surface area contributed by atoms with Crippen LogP contribution in [0.3, 0.4) is 0 Å². The van der Waals surface area contributed by atoms with Gasteiger partial charge in [0.2, 0.25) is 0 Å². The highest BCUT2D eigenvalue weighted by molar-refractivity contribution is 7.07. The maximum atomic E-state index is 12.4. The van der Waals surface area contributed by atoms with Crippen LogP contribution in [0, 0.1) is 0 Å². The molecule has 3 rings (SSSR count). The van der Waals surface area contributed by atoms with Crippen LogP contribution in [0.1, 0.15) is 11.6 Å². The van der Waals surface area contributed by atoms with Gasteiger partial charge in [-0.1, -0.05) is 0 Å². The number of urea groups is 1. The summed E-state index contributed by atoms with van der Waals surface area (Å²) in [6, 6.07) is 7.24. The SMILES string of the molecule is COc1ccc(NC(=O)NCC(c2ccsc2)N2CCOCC2)c(OC)c1. The fourth-order valence-electron chi connectivity index (χ4n) is 3.07. The third-order valence-electron chi connectivity index (χ3n) is 4.53. The van der Waals surface area contributed by atoms with Crippen molar-refractivity contribution < 1.29 is 19.0 Å². The number of amides is 2. The number of ether oxygens (including phenoxy) is 3. The highest BCUT2D eigenvalue weighted by Crippen LogP contribution is 2.29. The number of benzene rings is 1. The Kier molecular flexibility index (Phi) is 6.92. The maximum Gasteiger partial charge on any atom is 0.319 e. The van der Waals surface area contributed by atoms with E-state index in [-0.39, 0.29) is 12.1 Å². The van der Waals surface area contributed by atoms with Gasteiger partial charge in [0, 0.05) is 25.7 Å². The molecule has 1 saturated heterocycles. The first-order chi connectivity index (χ1) is 13.2. The van der Waals surface area contributed by atoms with Crippen molar-refractivity contribution in [2.45, 2.75) is 6.04 Å². The Morgan fingerprint density at radius 1 is 1.26 bits per heavy atom. The van der Waals surface area contributed by atoms with E-state index in [0.29, 0.717) is 23.7 Å². The molecule has 2 amide bonds. The molecule has 2 heterocycles. The number of carbonyl (C=O) groups is 1. The fraction of sp³-hybridized carbons (Fsp3) is 0.421. The van der Waals surface area contributed by atoms with Crippen LogP contribution in [0.5, 0.6) is 11.5 Å². The Bertz CT molecular complexity index is 733. The molecular formula is C19H25N3O4S. The van der Waals surface area contributed by atoms with E-state index in [9.17, 15) is 4.79 Å². The molecule has 1 aliphatic rings. The summed E-state index contributed by atoms with van der Waals surface area (Å²) in [6.07, 6.45) is 0. The van der Waals surface area contributed by atoms with E-state index in [0.717, 1.165) is 26.3 Å². The van der Waals surface area contributed by atoms with Crippen LogP contribution >= 0.6 is 11.3 Å². The number of rotatable bonds is 7. The van der Waals surface area contributed by atoms with Crippen LogP contribution in [0.4, 0.5) is 10.5 Å². The molecule has 7 nitrogen and oxygen atoms in total. The first-order valence-corrected chi connectivity index (χ1v) is 9.76. The van der Waals surface area contributed by atoms with Crippen molar-refractivity contribution in [3.05, 3.63) is 40.6 Å². The zero-order valence-electron chi connectivity index (χ0n) is 15.6. The summed E-state index contributed by atoms with van der Waals surface area (Å²) in [6.45, 7) is 3.67. The van der Waals surface area contributed by atoms with Gasteiger partial charge in [-0.15, -0.1) is 0 Å². The summed E-state index contributed by atoms with van der Waals surface area (Å²) in [5.41, 5.74) is 1.80. The molecule has 1 unspecified atom stereocenters. The van der Waals surface area contributed by atoms with Gasteiger partial charge in [-0.3, -0.25) is 4.90 Å². The largest absolute Gasteiger partial charge is 0.497 e. The number of hydrogen-bond donors (Lipinski definition) is 2. The van der Waals surface area contributed by atoms with Crippen LogP contribution in [-0.4, -0.2) is 58.0 Å². The lowest BCUT2D eigenvalue weighted by Crippen LogP contribution is -2.44. The Morgan fingerprint density at radius 2 is 2.07 bits per heavy atom. The molecule has 27 heavy (non-hydrogen) atoms. The predicted molar refractivity (Wildman–Crippen MR) is 106 cm³/mol. The van der Waals surface area contributed by atoms with Crippen molar-refractivity contribution in [3.63, 3.8) is 0 Å². The number of anilines is 1. The summed E-state index contributed by atoms with van der Waals surface area (Å²) >= 11 is 1.66. The lowest BCUT2D eigenvalue weighted by atomic mass is 10.1. The first kappa shape index (κ1) is 19.5. The van der Waals surface area contributed by atoms with E-state index in [2.05, 4.69) is 32.4 Å². The van der Waals surface area contributed by atoms with Gasteiger partial charge in [-0.05, 0) is 34.5 Å². The van der Waals surface area contributed by atoms with Gasteiger partial charge in [0.05, 0.1) is 39.2 Å². The van der Waals surface area contributed by atoms with Crippen LogP contribution in [0.25, 0.3) is 0 Å². The van der Waals surface area contributed by atoms with E-state index in [1.54, 1.807) is 43.8 Å². The van der Waals surface area contributed by atoms with Crippen molar-refractivity contribution in [3.8, 4) is 11.5 Å². The maximum absolute atomic E-state index is 12.4. The highest BCUT2D eigenvalue weighted by Gasteiger charge is 2.23. The van der Waals surface area contributed by atoms with Crippen molar-refractivity contribution in [2.24, 2.45) is 0 Å². The number of hydrogen-bond acceptors (Lipinski definition) is 6. The van der Waals surface area contributed by atoms with E-state index in [4.69, 9.17) is 14.2 Å². The molecular weight excluding hydrogens is 366 g/mol. The van der Waals surface area contributed by atoms with Crippen molar-refractivity contribution >= 4 is 23.1 Å². The Hall–Kier alpha value is -2.29. The van der Waals surface area contributed by atoms with Gasteiger partial charge in [0.1, 0.15) is 11.5 Å². The van der Waals surface area contributed by atoms with Crippen molar-refractivity contribution in [1.29, 1.82) is 0 Å². The standard InChI is InChI=1S/C19H25N3O4S/c1-24-15-3-4-16(18(11-15)25-2)21-19(23)20-12-17(14-5-10-27-13-14)22-6-8-26-9-7-22/h3-5,10-11,13,17H,6-9,12H2,1-2H3,(H2,20,21,23). The Morgan fingerprint density at radius 3 is 2.74 bits per heavy atom. The van der Waals surface area contributed by atoms with E-state index < -0.39 is 0 Å². The molecule has 0 aliphatic carbocycles. The number of nitrogens with one attached hydrogen (secondary N) is 2. The molecule has 0 bridgehead atoms. The molecule has 1 aromatic heterocycles. The second kappa shape index (κ2) is 9.59. The molecule has 0 saturated carbocycles. The summed E-state index contributed by atoms with van der Waals surface area (Å²) < 4.78 is 16.0. The predicted octanol–water partition coefficient (Wildman–Crippen LogP) is 2.96. The minimum Gasteiger partial charge on any atom is -0.497 e. The molecule has 1 fully saturated rings. The second-order valence-electron chi connectivity index (χ2n) is 6.12. The molecule has 2 N–H and O–H groups in total. The molecule has 0 spiro atoms. The van der Waals surface area contributed by atoms with Crippen LogP contribution in [-0.2, 0) is 4.74 Å². The van der Waals surface area contributed by atoms with E-state index >= 15 is 0 Å². The molecule has 1 aromatic carbocycles. The summed E-state index contributed by atoms with van der Waals surface area (Å²) in [7, 11) is 3.15. The summed E-state index contributed by atoms with van der Waals surface area (Å²) in [4.78, 5) is 14.8. The number of carbonyl (C=O) groups excluding carboxylic acids is 1. The average molecular weight is 391 g/mol. The molecule has 2 aromatic rings. The van der Waals surface area contributed by atoms with Gasteiger partial charge in [0.15, 0.2) is 0 Å². The third-order valence-corrected chi connectivity index (χ3v) is 5.23. The summed E-state index contributed by atoms with van der Waals surface area (Å²) in [5.74, 6) is 1.22. The van der Waals surface area contributed by atoms with Gasteiger partial charge < -0.3 is 24.8 Å². The van der Waals surface area contributed by atoms with E-state index in [1.807, 2.05) is 0 Å². The zero-order valence-corrected chi connectivity index (χ0v) is 16.4. The van der Waals surface area contributed by atoms with E-state index in [1.165, 1.54) is 5.56 Å². The molecule has 1 aliphatic heterocycles. The minimum atomic E-state index is -0.271. The molecule has 1 atom stereocenters. The Balaban J connectivity index is 1.62. The molecule has 8 heteroatoms. The first-order valence-electron chi connectivity index (χ1n) is 8.82. The lowest BCUT2D eigenvalue weighted by Gasteiger charge is -2.34. The number of methoxy groups -OCH3 is 2. The summed E-state index contributed by atoms with van der Waals surface area (Å²) in [5, 5.41) is 10.0. The van der Waals surface area contributed by atoms with Crippen LogP contribution in [0.2, 0.25) is 0 Å². The zero-order chi connectivity index (χ0) is 19.1. The monoisotopic (exact) mass is 391 g/mol. The molecule has 0 radical (unpaired) electrons. The van der Waals surface area contributed by atoms with Crippen molar-refractivity contribution in [2.75, 3.05) is 52.4 Å². The van der Waals surface area contributed by atoms with Gasteiger partial charge in [-0.2, -0.15) is 11.3 Å². The van der Waals surface area contributed by atoms with Crippen molar-refractivity contribution in [1.82, 2.24) is 10.2 Å². The minimum absolute atomic E-state index is 0.128. The lowest BCUT2D eigenvalue weighted by molar-refractivity contribution is 0.0168. The third kappa shape index (κ3) is 5.12. The van der Waals surface area contributed by atoms with Crippen LogP contribution in [0.15, 0.2) is 35.0 Å². The van der Waals surface area contributed by atoms with Gasteiger partial charge in [-0.25, -0.2) is 4.79 Å². The normalized spacial score (nSPS) is 15.8. The number of nitrogens with zero attached hydrogens (tertiary/aromatic N) is 1. The Labute approximate surface area is 163 Å². The van der Waals surface area contributed by atoms with Gasteiger partial charge in [0.25, 0.3) is 0 Å². The smallest absolute Gasteiger partial charge is 0.319 e. The highest BCUT2D eigenvalue weighted by atomic mass is 32.1. The molecule has 146 valence electrons. The number of morpholine rings is 1. The number of thiophene rings is 1. The fourth-order valence-corrected chi connectivity index (χ4v) is 3.78. The van der Waals surface area contributed by atoms with Crippen LogP contribution < -0.4 is 20.1 Å². The average Bonchev–Trinajstić information content (AvgIpc) is 3.24. The van der Waals surface area contributed by atoms with Gasteiger partial charge >= 0.3 is 6.03 Å². The second-order valence-corrected chi connectivity index (χ2v) is 6.90. The quantitative estimate of drug-likeness (QED) is 0.759.